The van der Waals surface area contributed by atoms with E-state index < -0.39 is 10.0 Å². The Labute approximate surface area is 169 Å². The second-order valence-corrected chi connectivity index (χ2v) is 9.06. The Hall–Kier alpha value is -2.81. The lowest BCUT2D eigenvalue weighted by atomic mass is 9.85. The Balaban J connectivity index is 1.73. The quantitative estimate of drug-likeness (QED) is 0.627. The zero-order valence-electron chi connectivity index (χ0n) is 16.9. The van der Waals surface area contributed by atoms with Crippen LogP contribution in [-0.2, 0) is 10.0 Å². The van der Waals surface area contributed by atoms with Crippen LogP contribution in [0.2, 0.25) is 0 Å². The zero-order valence-corrected chi connectivity index (χ0v) is 17.7. The average Bonchev–Trinajstić information content (AvgIpc) is 3.19. The van der Waals surface area contributed by atoms with Crippen LogP contribution in [0.4, 0.5) is 5.69 Å². The van der Waals surface area contributed by atoms with E-state index >= 15 is 0 Å². The normalized spacial score (nSPS) is 14.6. The fourth-order valence-corrected chi connectivity index (χ4v) is 5.16. The number of hydrogen-bond acceptors (Lipinski definition) is 6. The first-order valence-corrected chi connectivity index (χ1v) is 11.0. The number of rotatable bonds is 6. The fraction of sp³-hybridized carbons (Fsp3) is 0.400. The number of benzene rings is 1. The highest BCUT2D eigenvalue weighted by atomic mass is 32.2. The minimum atomic E-state index is -3.90. The number of anilines is 1. The summed E-state index contributed by atoms with van der Waals surface area (Å²) in [6, 6.07) is 5.17. The molecule has 0 spiro atoms. The molecule has 0 bridgehead atoms. The molecule has 9 heteroatoms. The first-order valence-electron chi connectivity index (χ1n) is 9.50. The number of ether oxygens (including phenoxy) is 1. The van der Waals surface area contributed by atoms with Crippen molar-refractivity contribution in [2.45, 2.75) is 50.8 Å². The summed E-state index contributed by atoms with van der Waals surface area (Å²) in [5.41, 5.74) is 2.83. The van der Waals surface area contributed by atoms with Crippen molar-refractivity contribution < 1.29 is 17.6 Å². The van der Waals surface area contributed by atoms with E-state index in [2.05, 4.69) is 19.9 Å². The van der Waals surface area contributed by atoms with Crippen molar-refractivity contribution in [3.05, 3.63) is 41.0 Å². The molecule has 1 aliphatic carbocycles. The maximum absolute atomic E-state index is 13.3. The molecular weight excluding hydrogens is 392 g/mol. The maximum Gasteiger partial charge on any atom is 0.264 e. The average molecular weight is 417 g/mol. The number of hydrogen-bond donors (Lipinski definition) is 2. The largest absolute Gasteiger partial charge is 0.497 e. The van der Waals surface area contributed by atoms with Gasteiger partial charge in [0.05, 0.1) is 18.4 Å². The van der Waals surface area contributed by atoms with Crippen LogP contribution < -0.4 is 9.46 Å². The number of sulfonamides is 1. The van der Waals surface area contributed by atoms with Crippen molar-refractivity contribution in [2.75, 3.05) is 11.8 Å². The second-order valence-electron chi connectivity index (χ2n) is 7.44. The lowest BCUT2D eigenvalue weighted by Crippen LogP contribution is -2.15. The van der Waals surface area contributed by atoms with Crippen molar-refractivity contribution in [1.82, 2.24) is 15.2 Å². The van der Waals surface area contributed by atoms with Crippen molar-refractivity contribution in [3.63, 3.8) is 0 Å². The number of H-pyrrole nitrogens is 1. The summed E-state index contributed by atoms with van der Waals surface area (Å²) >= 11 is 0. The molecule has 2 N–H and O–H groups in total. The summed E-state index contributed by atoms with van der Waals surface area (Å²) in [5.74, 6) is 1.73. The van der Waals surface area contributed by atoms with Crippen LogP contribution in [0.15, 0.2) is 27.5 Å². The van der Waals surface area contributed by atoms with Gasteiger partial charge in [0.15, 0.2) is 0 Å². The molecule has 0 aliphatic heterocycles. The van der Waals surface area contributed by atoms with Gasteiger partial charge in [-0.3, -0.25) is 4.72 Å². The van der Waals surface area contributed by atoms with Gasteiger partial charge in [-0.05, 0) is 57.4 Å². The number of aromatic amines is 1. The third-order valence-electron chi connectivity index (χ3n) is 5.37. The van der Waals surface area contributed by atoms with Crippen molar-refractivity contribution >= 4 is 15.7 Å². The van der Waals surface area contributed by atoms with E-state index in [0.717, 1.165) is 24.8 Å². The summed E-state index contributed by atoms with van der Waals surface area (Å²) in [7, 11) is -2.33. The topological polar surface area (TPSA) is 110 Å². The maximum atomic E-state index is 13.3. The molecule has 3 aromatic rings. The van der Waals surface area contributed by atoms with Gasteiger partial charge in [-0.2, -0.15) is 0 Å². The number of aromatic nitrogens is 3. The molecule has 4 rings (SSSR count). The molecule has 1 saturated carbocycles. The van der Waals surface area contributed by atoms with Gasteiger partial charge in [0.25, 0.3) is 15.9 Å². The van der Waals surface area contributed by atoms with Crippen LogP contribution in [0, 0.1) is 20.8 Å². The summed E-state index contributed by atoms with van der Waals surface area (Å²) < 4.78 is 40.3. The molecule has 1 fully saturated rings. The van der Waals surface area contributed by atoms with Gasteiger partial charge in [-0.15, -0.1) is 10.2 Å². The molecule has 154 valence electrons. The minimum Gasteiger partial charge on any atom is -0.497 e. The molecule has 0 atom stereocenters. The third kappa shape index (κ3) is 3.50. The van der Waals surface area contributed by atoms with E-state index in [1.165, 1.54) is 0 Å². The monoisotopic (exact) mass is 416 g/mol. The highest BCUT2D eigenvalue weighted by molar-refractivity contribution is 7.93. The number of nitrogens with zero attached hydrogens (tertiary/aromatic N) is 2. The predicted octanol–water partition coefficient (Wildman–Crippen LogP) is 4.07. The molecule has 8 nitrogen and oxygen atoms in total. The molecule has 0 amide bonds. The SMILES string of the molecule is COc1ccc(NS(=O)(=O)c2c(C)[nH]c(C)c2-c2nnc(C3CCC3)o2)c(C)c1. The summed E-state index contributed by atoms with van der Waals surface area (Å²) in [5, 5.41) is 8.29. The van der Waals surface area contributed by atoms with Crippen LogP contribution in [0.3, 0.4) is 0 Å². The predicted molar refractivity (Wildman–Crippen MR) is 109 cm³/mol. The van der Waals surface area contributed by atoms with E-state index in [1.54, 1.807) is 39.2 Å². The number of methoxy groups -OCH3 is 1. The van der Waals surface area contributed by atoms with Gasteiger partial charge in [0, 0.05) is 17.3 Å². The van der Waals surface area contributed by atoms with Crippen LogP contribution >= 0.6 is 0 Å². The van der Waals surface area contributed by atoms with Gasteiger partial charge >= 0.3 is 0 Å². The number of aryl methyl sites for hydroxylation is 3. The summed E-state index contributed by atoms with van der Waals surface area (Å²) in [6.07, 6.45) is 3.20. The summed E-state index contributed by atoms with van der Waals surface area (Å²) in [6.45, 7) is 5.34. The molecular formula is C20H24N4O4S. The van der Waals surface area contributed by atoms with E-state index in [1.807, 2.05) is 6.92 Å². The van der Waals surface area contributed by atoms with E-state index in [0.29, 0.717) is 34.3 Å². The Morgan fingerprint density at radius 3 is 2.55 bits per heavy atom. The molecule has 2 aromatic heterocycles. The van der Waals surface area contributed by atoms with Crippen molar-refractivity contribution in [2.24, 2.45) is 0 Å². The van der Waals surface area contributed by atoms with Crippen LogP contribution in [0.25, 0.3) is 11.5 Å². The summed E-state index contributed by atoms with van der Waals surface area (Å²) in [4.78, 5) is 3.22. The Morgan fingerprint density at radius 2 is 1.93 bits per heavy atom. The lowest BCUT2D eigenvalue weighted by Gasteiger charge is -2.20. The van der Waals surface area contributed by atoms with Crippen LogP contribution in [0.1, 0.15) is 48.0 Å². The highest BCUT2D eigenvalue weighted by Crippen LogP contribution is 2.39. The Kier molecular flexibility index (Phi) is 4.85. The second kappa shape index (κ2) is 7.22. The van der Waals surface area contributed by atoms with E-state index in [-0.39, 0.29) is 16.7 Å². The van der Waals surface area contributed by atoms with Gasteiger partial charge in [0.2, 0.25) is 5.89 Å². The van der Waals surface area contributed by atoms with Gasteiger partial charge in [-0.1, -0.05) is 6.42 Å². The zero-order chi connectivity index (χ0) is 20.8. The molecule has 2 heterocycles. The number of nitrogens with one attached hydrogen (secondary N) is 2. The Morgan fingerprint density at radius 1 is 1.17 bits per heavy atom. The minimum absolute atomic E-state index is 0.119. The molecule has 1 aromatic carbocycles. The van der Waals surface area contributed by atoms with Crippen molar-refractivity contribution in [1.29, 1.82) is 0 Å². The van der Waals surface area contributed by atoms with Crippen LogP contribution in [0.5, 0.6) is 5.75 Å². The molecule has 29 heavy (non-hydrogen) atoms. The fourth-order valence-electron chi connectivity index (χ4n) is 3.58. The lowest BCUT2D eigenvalue weighted by molar-refractivity contribution is 0.338. The molecule has 0 unspecified atom stereocenters. The van der Waals surface area contributed by atoms with Gasteiger partial charge in [-0.25, -0.2) is 8.42 Å². The molecule has 1 aliphatic rings. The van der Waals surface area contributed by atoms with Gasteiger partial charge in [0.1, 0.15) is 10.6 Å². The first kappa shape index (κ1) is 19.5. The smallest absolute Gasteiger partial charge is 0.264 e. The highest BCUT2D eigenvalue weighted by Gasteiger charge is 2.31. The molecule has 0 radical (unpaired) electrons. The first-order chi connectivity index (χ1) is 13.8. The molecule has 0 saturated heterocycles. The third-order valence-corrected chi connectivity index (χ3v) is 6.91. The Bertz CT molecular complexity index is 1160. The van der Waals surface area contributed by atoms with Crippen LogP contribution in [-0.4, -0.2) is 30.7 Å². The van der Waals surface area contributed by atoms with Crippen molar-refractivity contribution in [3.8, 4) is 17.2 Å². The van der Waals surface area contributed by atoms with E-state index in [4.69, 9.17) is 9.15 Å². The van der Waals surface area contributed by atoms with Gasteiger partial charge < -0.3 is 14.1 Å². The van der Waals surface area contributed by atoms with E-state index in [9.17, 15) is 8.42 Å². The standard InChI is InChI=1S/C20H24N4O4S/c1-11-10-15(27-4)8-9-16(11)24-29(25,26)18-13(3)21-12(2)17(18)20-23-22-19(28-20)14-6-5-7-14/h8-10,14,21,24H,5-7H2,1-4H3.